The molecule has 3 atom stereocenters. The number of hydrogen-bond acceptors (Lipinski definition) is 6. The van der Waals surface area contributed by atoms with Gasteiger partial charge in [-0.1, -0.05) is 56.3 Å². The number of H-pyrrole nitrogens is 1. The third kappa shape index (κ3) is 7.65. The molecule has 3 aromatic rings. The smallest absolute Gasteiger partial charge is 0.329 e. The van der Waals surface area contributed by atoms with Crippen molar-refractivity contribution < 1.29 is 24.3 Å². The van der Waals surface area contributed by atoms with Crippen LogP contribution in [0.5, 0.6) is 0 Å². The first kappa shape index (κ1) is 29.8. The number of aromatic nitrogens is 2. The fourth-order valence-electron chi connectivity index (χ4n) is 4.38. The van der Waals surface area contributed by atoms with Crippen LogP contribution in [0.25, 0.3) is 10.9 Å². The van der Waals surface area contributed by atoms with Gasteiger partial charge in [0.05, 0.1) is 10.9 Å². The van der Waals surface area contributed by atoms with Crippen LogP contribution in [0.2, 0.25) is 0 Å². The first-order chi connectivity index (χ1) is 19.0. The van der Waals surface area contributed by atoms with Gasteiger partial charge in [0.15, 0.2) is 0 Å². The number of rotatable bonds is 13. The highest BCUT2D eigenvalue weighted by Crippen LogP contribution is 2.15. The second-order valence-corrected chi connectivity index (χ2v) is 9.95. The van der Waals surface area contributed by atoms with Gasteiger partial charge in [0.25, 0.3) is 5.56 Å². The number of carbonyl (C=O) groups is 4. The van der Waals surface area contributed by atoms with E-state index < -0.39 is 53.1 Å². The molecule has 40 heavy (non-hydrogen) atoms. The number of aromatic amines is 1. The molecule has 12 heteroatoms. The molecule has 12 nitrogen and oxygen atoms in total. The van der Waals surface area contributed by atoms with Gasteiger partial charge in [-0.15, -0.1) is 0 Å². The molecule has 1 aromatic heterocycles. The predicted molar refractivity (Wildman–Crippen MR) is 147 cm³/mol. The van der Waals surface area contributed by atoms with Crippen molar-refractivity contribution in [1.29, 1.82) is 0 Å². The number of hydrogen-bond donors (Lipinski definition) is 5. The molecule has 0 aliphatic heterocycles. The van der Waals surface area contributed by atoms with Crippen molar-refractivity contribution in [3.05, 3.63) is 81.0 Å². The Kier molecular flexibility index (Phi) is 9.96. The lowest BCUT2D eigenvalue weighted by Gasteiger charge is -2.25. The average molecular weight is 552 g/mol. The lowest BCUT2D eigenvalue weighted by atomic mass is 10.00. The van der Waals surface area contributed by atoms with E-state index in [1.807, 2.05) is 13.8 Å². The van der Waals surface area contributed by atoms with Crippen LogP contribution in [0.3, 0.4) is 0 Å². The summed E-state index contributed by atoms with van der Waals surface area (Å²) in [6.45, 7) is 3.63. The van der Waals surface area contributed by atoms with Crippen molar-refractivity contribution in [2.45, 2.75) is 57.7 Å². The lowest BCUT2D eigenvalue weighted by molar-refractivity contribution is -0.142. The van der Waals surface area contributed by atoms with Gasteiger partial charge in [-0.05, 0) is 36.5 Å². The monoisotopic (exact) mass is 551 g/mol. The highest BCUT2D eigenvalue weighted by atomic mass is 16.4. The van der Waals surface area contributed by atoms with Crippen molar-refractivity contribution in [2.24, 2.45) is 11.7 Å². The number of amides is 3. The third-order valence-electron chi connectivity index (χ3n) is 6.36. The predicted octanol–water partition coefficient (Wildman–Crippen LogP) is 0.839. The molecule has 0 fully saturated rings. The number of carbonyl (C=O) groups excluding carboxylic acids is 3. The number of carboxylic acids is 1. The number of para-hydroxylation sites is 1. The first-order valence-electron chi connectivity index (χ1n) is 12.9. The highest BCUT2D eigenvalue weighted by molar-refractivity contribution is 5.92. The van der Waals surface area contributed by atoms with Gasteiger partial charge >= 0.3 is 11.7 Å². The Hall–Kier alpha value is -4.74. The van der Waals surface area contributed by atoms with E-state index in [1.54, 1.807) is 48.5 Å². The maximum atomic E-state index is 13.7. The van der Waals surface area contributed by atoms with Crippen molar-refractivity contribution in [1.82, 2.24) is 20.2 Å². The topological polar surface area (TPSA) is 193 Å². The van der Waals surface area contributed by atoms with Crippen LogP contribution >= 0.6 is 0 Å². The van der Waals surface area contributed by atoms with Crippen molar-refractivity contribution in [3.8, 4) is 0 Å². The molecule has 2 aromatic carbocycles. The number of benzene rings is 2. The van der Waals surface area contributed by atoms with Gasteiger partial charge in [0, 0.05) is 12.8 Å². The molecule has 1 heterocycles. The minimum Gasteiger partial charge on any atom is -0.480 e. The van der Waals surface area contributed by atoms with Crippen LogP contribution in [0.1, 0.15) is 44.7 Å². The Balaban J connectivity index is 1.98. The van der Waals surface area contributed by atoms with Gasteiger partial charge < -0.3 is 26.5 Å². The molecule has 0 saturated carbocycles. The molecule has 0 radical (unpaired) electrons. The van der Waals surface area contributed by atoms with E-state index in [0.29, 0.717) is 11.1 Å². The number of nitrogens with one attached hydrogen (secondary N) is 3. The third-order valence-corrected chi connectivity index (χ3v) is 6.36. The van der Waals surface area contributed by atoms with E-state index in [4.69, 9.17) is 5.73 Å². The molecule has 3 unspecified atom stereocenters. The first-order valence-corrected chi connectivity index (χ1v) is 12.9. The van der Waals surface area contributed by atoms with Gasteiger partial charge in [-0.25, -0.2) is 14.2 Å². The molecule has 3 rings (SSSR count). The second kappa shape index (κ2) is 13.4. The summed E-state index contributed by atoms with van der Waals surface area (Å²) in [7, 11) is 0. The Morgan fingerprint density at radius 2 is 1.55 bits per heavy atom. The fraction of sp³-hybridized carbons (Fsp3) is 0.357. The van der Waals surface area contributed by atoms with Crippen LogP contribution < -0.4 is 27.6 Å². The number of nitrogens with zero attached hydrogens (tertiary/aromatic N) is 1. The molecule has 0 bridgehead atoms. The number of carboxylic acid groups (broad SMARTS) is 1. The Labute approximate surface area is 229 Å². The van der Waals surface area contributed by atoms with Crippen molar-refractivity contribution in [3.63, 3.8) is 0 Å². The molecule has 6 N–H and O–H groups in total. The summed E-state index contributed by atoms with van der Waals surface area (Å²) < 4.78 is 0.835. The molecule has 212 valence electrons. The largest absolute Gasteiger partial charge is 0.480 e. The minimum absolute atomic E-state index is 0.0274. The zero-order chi connectivity index (χ0) is 29.4. The zero-order valence-corrected chi connectivity index (χ0v) is 22.3. The van der Waals surface area contributed by atoms with Crippen LogP contribution in [0.15, 0.2) is 64.2 Å². The van der Waals surface area contributed by atoms with Crippen LogP contribution in [-0.4, -0.2) is 50.4 Å². The Morgan fingerprint density at radius 1 is 0.925 bits per heavy atom. The Bertz CT molecular complexity index is 1500. The van der Waals surface area contributed by atoms with Gasteiger partial charge in [-0.3, -0.25) is 19.2 Å². The maximum Gasteiger partial charge on any atom is 0.329 e. The minimum atomic E-state index is -1.40. The quantitative estimate of drug-likeness (QED) is 0.208. The number of aliphatic carboxylic acids is 1. The number of fused-ring (bicyclic) bond motifs is 1. The van der Waals surface area contributed by atoms with Crippen LogP contribution in [0, 0.1) is 5.92 Å². The standard InChI is InChI=1S/C28H33N5O7/c1-16(2)14-21(24(35)30-20(27(38)39)12-13-23(29)34)31-25(36)22(15-17-8-4-3-5-9-17)33-26(37)18-10-6-7-11-19(18)32-28(33)40/h3-11,16,20-22H,12-15H2,1-2H3,(H2,29,34)(H,30,35)(H,31,36)(H,32,40)(H,38,39). The SMILES string of the molecule is CC(C)CC(NC(=O)C(Cc1ccccc1)n1c(=O)[nH]c2ccccc2c1=O)C(=O)NC(CCC(N)=O)C(=O)O. The summed E-state index contributed by atoms with van der Waals surface area (Å²) in [6, 6.07) is 11.3. The second-order valence-electron chi connectivity index (χ2n) is 9.95. The summed E-state index contributed by atoms with van der Waals surface area (Å²) in [5, 5.41) is 14.7. The normalized spacial score (nSPS) is 13.4. The van der Waals surface area contributed by atoms with E-state index in [1.165, 1.54) is 6.07 Å². The van der Waals surface area contributed by atoms with E-state index in [9.17, 15) is 33.9 Å². The summed E-state index contributed by atoms with van der Waals surface area (Å²) in [4.78, 5) is 78.8. The maximum absolute atomic E-state index is 13.7. The summed E-state index contributed by atoms with van der Waals surface area (Å²) in [5.74, 6) is -3.72. The molecule has 0 spiro atoms. The molecule has 3 amide bonds. The van der Waals surface area contributed by atoms with Gasteiger partial charge in [0.2, 0.25) is 17.7 Å². The zero-order valence-electron chi connectivity index (χ0n) is 22.3. The van der Waals surface area contributed by atoms with Crippen LogP contribution in [-0.2, 0) is 25.6 Å². The lowest BCUT2D eigenvalue weighted by Crippen LogP contribution is -2.54. The molecular weight excluding hydrogens is 518 g/mol. The fourth-order valence-corrected chi connectivity index (χ4v) is 4.38. The van der Waals surface area contributed by atoms with Crippen molar-refractivity contribution >= 4 is 34.6 Å². The average Bonchev–Trinajstić information content (AvgIpc) is 2.90. The molecule has 0 saturated heterocycles. The van der Waals surface area contributed by atoms with E-state index in [-0.39, 0.29) is 37.0 Å². The van der Waals surface area contributed by atoms with Crippen molar-refractivity contribution in [2.75, 3.05) is 0 Å². The molecule has 0 aliphatic carbocycles. The molecular formula is C28H33N5O7. The summed E-state index contributed by atoms with van der Waals surface area (Å²) in [5.41, 5.74) is 4.65. The van der Waals surface area contributed by atoms with Crippen LogP contribution in [0.4, 0.5) is 0 Å². The number of primary amides is 1. The van der Waals surface area contributed by atoms with E-state index in [0.717, 1.165) is 4.57 Å². The summed E-state index contributed by atoms with van der Waals surface area (Å²) in [6.07, 6.45) is -0.371. The van der Waals surface area contributed by atoms with E-state index in [2.05, 4.69) is 15.6 Å². The number of nitrogens with two attached hydrogens (primary N) is 1. The molecule has 0 aliphatic rings. The Morgan fingerprint density at radius 3 is 2.17 bits per heavy atom. The summed E-state index contributed by atoms with van der Waals surface area (Å²) >= 11 is 0. The van der Waals surface area contributed by atoms with Gasteiger partial charge in [0.1, 0.15) is 18.1 Å². The highest BCUT2D eigenvalue weighted by Gasteiger charge is 2.31. The van der Waals surface area contributed by atoms with E-state index >= 15 is 0 Å². The van der Waals surface area contributed by atoms with Gasteiger partial charge in [-0.2, -0.15) is 0 Å².